The predicted octanol–water partition coefficient (Wildman–Crippen LogP) is -0.0969. The molecule has 1 amide bonds. The van der Waals surface area contributed by atoms with Gasteiger partial charge in [-0.1, -0.05) is 0 Å². The maximum atomic E-state index is 11.6. The van der Waals surface area contributed by atoms with Gasteiger partial charge in [0.15, 0.2) is 5.82 Å². The summed E-state index contributed by atoms with van der Waals surface area (Å²) in [6.45, 7) is 1.87. The van der Waals surface area contributed by atoms with E-state index in [2.05, 4.69) is 35.7 Å². The smallest absolute Gasteiger partial charge is 0.303 e. The lowest BCUT2D eigenvalue weighted by Gasteiger charge is -2.05. The van der Waals surface area contributed by atoms with E-state index < -0.39 is 5.97 Å². The summed E-state index contributed by atoms with van der Waals surface area (Å²) in [5.74, 6) is -0.244. The van der Waals surface area contributed by atoms with Crippen LogP contribution in [0.4, 0.5) is 0 Å². The Morgan fingerprint density at radius 1 is 1.13 bits per heavy atom. The first kappa shape index (κ1) is 16.3. The van der Waals surface area contributed by atoms with Crippen molar-refractivity contribution in [3.8, 4) is 11.6 Å². The zero-order valence-electron chi connectivity index (χ0n) is 12.4. The van der Waals surface area contributed by atoms with E-state index in [1.807, 2.05) is 0 Å². The number of aromatic nitrogens is 6. The van der Waals surface area contributed by atoms with Gasteiger partial charge in [-0.3, -0.25) is 9.59 Å². The molecule has 0 unspecified atom stereocenters. The molecule has 0 spiro atoms. The molecule has 2 N–H and O–H groups in total. The van der Waals surface area contributed by atoms with Crippen LogP contribution in [0.2, 0.25) is 0 Å². The molecule has 0 saturated carbocycles. The van der Waals surface area contributed by atoms with Gasteiger partial charge < -0.3 is 10.4 Å². The summed E-state index contributed by atoms with van der Waals surface area (Å²) in [6, 6.07) is 1.65. The van der Waals surface area contributed by atoms with Crippen molar-refractivity contribution in [2.75, 3.05) is 0 Å². The second-order valence-corrected chi connectivity index (χ2v) is 4.67. The van der Waals surface area contributed by atoms with Gasteiger partial charge in [0.25, 0.3) is 0 Å². The number of carboxylic acid groups (broad SMARTS) is 1. The van der Waals surface area contributed by atoms with Crippen LogP contribution < -0.4 is 5.32 Å². The number of rotatable bonds is 7. The van der Waals surface area contributed by atoms with Gasteiger partial charge in [-0.05, 0) is 19.4 Å². The highest BCUT2D eigenvalue weighted by Gasteiger charge is 2.09. The standard InChI is InChI=1S/C13H15N7O3/c1-8-17-19-13(20-18-8)12-14-6-5-9(16-12)7-15-10(21)3-2-4-11(22)23/h5-6H,2-4,7H2,1H3,(H,15,21)(H,22,23). The van der Waals surface area contributed by atoms with Crippen LogP contribution in [0.25, 0.3) is 11.6 Å². The van der Waals surface area contributed by atoms with E-state index in [0.717, 1.165) is 0 Å². The lowest BCUT2D eigenvalue weighted by molar-refractivity contribution is -0.137. The second kappa shape index (κ2) is 7.82. The molecule has 2 aromatic rings. The molecule has 0 aliphatic heterocycles. The van der Waals surface area contributed by atoms with Gasteiger partial charge in [0.1, 0.15) is 0 Å². The maximum absolute atomic E-state index is 11.6. The van der Waals surface area contributed by atoms with Crippen LogP contribution in [-0.4, -0.2) is 47.3 Å². The minimum atomic E-state index is -0.918. The summed E-state index contributed by atoms with van der Waals surface area (Å²) in [5, 5.41) is 26.5. The molecule has 0 aliphatic carbocycles. The topological polar surface area (TPSA) is 144 Å². The molecule has 2 rings (SSSR count). The number of hydrogen-bond donors (Lipinski definition) is 2. The molecule has 10 heteroatoms. The summed E-state index contributed by atoms with van der Waals surface area (Å²) < 4.78 is 0. The van der Waals surface area contributed by atoms with E-state index >= 15 is 0 Å². The quantitative estimate of drug-likeness (QED) is 0.715. The molecule has 10 nitrogen and oxygen atoms in total. The van der Waals surface area contributed by atoms with Gasteiger partial charge in [0, 0.05) is 19.0 Å². The monoisotopic (exact) mass is 317 g/mol. The first-order valence-electron chi connectivity index (χ1n) is 6.89. The Bertz CT molecular complexity index is 690. The lowest BCUT2D eigenvalue weighted by Crippen LogP contribution is -2.23. The van der Waals surface area contributed by atoms with Crippen molar-refractivity contribution < 1.29 is 14.7 Å². The Labute approximate surface area is 131 Å². The van der Waals surface area contributed by atoms with Crippen molar-refractivity contribution >= 4 is 11.9 Å². The van der Waals surface area contributed by atoms with Crippen LogP contribution in [0, 0.1) is 6.92 Å². The number of aliphatic carboxylic acids is 1. The lowest BCUT2D eigenvalue weighted by atomic mass is 10.2. The predicted molar refractivity (Wildman–Crippen MR) is 76.7 cm³/mol. The molecule has 0 radical (unpaired) electrons. The van der Waals surface area contributed by atoms with Gasteiger partial charge >= 0.3 is 5.97 Å². The average molecular weight is 317 g/mol. The highest BCUT2D eigenvalue weighted by Crippen LogP contribution is 2.06. The van der Waals surface area contributed by atoms with Gasteiger partial charge in [-0.25, -0.2) is 9.97 Å². The number of nitrogens with zero attached hydrogens (tertiary/aromatic N) is 6. The van der Waals surface area contributed by atoms with Crippen molar-refractivity contribution in [1.82, 2.24) is 35.7 Å². The molecule has 120 valence electrons. The molecular formula is C13H15N7O3. The second-order valence-electron chi connectivity index (χ2n) is 4.67. The summed E-state index contributed by atoms with van der Waals surface area (Å²) in [7, 11) is 0. The Balaban J connectivity index is 1.91. The fourth-order valence-corrected chi connectivity index (χ4v) is 1.65. The van der Waals surface area contributed by atoms with E-state index in [4.69, 9.17) is 5.11 Å². The molecule has 0 saturated heterocycles. The van der Waals surface area contributed by atoms with E-state index in [1.54, 1.807) is 13.0 Å². The van der Waals surface area contributed by atoms with E-state index in [9.17, 15) is 9.59 Å². The SMILES string of the molecule is Cc1nnc(-c2nccc(CNC(=O)CCCC(=O)O)n2)nn1. The van der Waals surface area contributed by atoms with Crippen molar-refractivity contribution in [1.29, 1.82) is 0 Å². The van der Waals surface area contributed by atoms with Crippen LogP contribution in [0.5, 0.6) is 0 Å². The highest BCUT2D eigenvalue weighted by atomic mass is 16.4. The Morgan fingerprint density at radius 3 is 2.57 bits per heavy atom. The molecule has 2 heterocycles. The maximum Gasteiger partial charge on any atom is 0.303 e. The molecule has 0 aromatic carbocycles. The molecular weight excluding hydrogens is 302 g/mol. The van der Waals surface area contributed by atoms with Crippen LogP contribution in [-0.2, 0) is 16.1 Å². The van der Waals surface area contributed by atoms with Crippen molar-refractivity contribution in [3.63, 3.8) is 0 Å². The molecule has 0 aliphatic rings. The first-order valence-corrected chi connectivity index (χ1v) is 6.89. The molecule has 0 fully saturated rings. The summed E-state index contributed by atoms with van der Waals surface area (Å²) in [6.07, 6.45) is 1.94. The number of aryl methyl sites for hydroxylation is 1. The number of hydrogen-bond acceptors (Lipinski definition) is 8. The Kier molecular flexibility index (Phi) is 5.56. The molecule has 0 atom stereocenters. The third-order valence-corrected chi connectivity index (χ3v) is 2.75. The zero-order chi connectivity index (χ0) is 16.7. The van der Waals surface area contributed by atoms with Gasteiger partial charge in [-0.2, -0.15) is 0 Å². The minimum Gasteiger partial charge on any atom is -0.481 e. The fraction of sp³-hybridized carbons (Fsp3) is 0.385. The van der Waals surface area contributed by atoms with Crippen LogP contribution in [0.15, 0.2) is 12.3 Å². The minimum absolute atomic E-state index is 0.0319. The first-order chi connectivity index (χ1) is 11.0. The molecule has 23 heavy (non-hydrogen) atoms. The Morgan fingerprint density at radius 2 is 1.87 bits per heavy atom. The van der Waals surface area contributed by atoms with E-state index in [0.29, 0.717) is 17.9 Å². The number of carbonyl (C=O) groups is 2. The Hall–Kier alpha value is -3.04. The van der Waals surface area contributed by atoms with Gasteiger partial charge in [-0.15, -0.1) is 20.4 Å². The molecule has 2 aromatic heterocycles. The van der Waals surface area contributed by atoms with Crippen molar-refractivity contribution in [2.24, 2.45) is 0 Å². The highest BCUT2D eigenvalue weighted by molar-refractivity contribution is 5.76. The van der Waals surface area contributed by atoms with Gasteiger partial charge in [0.2, 0.25) is 17.6 Å². The van der Waals surface area contributed by atoms with Crippen molar-refractivity contribution in [3.05, 3.63) is 23.8 Å². The third-order valence-electron chi connectivity index (χ3n) is 2.75. The average Bonchev–Trinajstić information content (AvgIpc) is 2.53. The molecule has 0 bridgehead atoms. The normalized spacial score (nSPS) is 10.3. The number of carbonyl (C=O) groups excluding carboxylic acids is 1. The fourth-order valence-electron chi connectivity index (χ4n) is 1.65. The zero-order valence-corrected chi connectivity index (χ0v) is 12.4. The van der Waals surface area contributed by atoms with Crippen LogP contribution >= 0.6 is 0 Å². The van der Waals surface area contributed by atoms with Gasteiger partial charge in [0.05, 0.1) is 12.2 Å². The third kappa shape index (κ3) is 5.34. The van der Waals surface area contributed by atoms with E-state index in [1.165, 1.54) is 6.20 Å². The largest absolute Gasteiger partial charge is 0.481 e. The number of amides is 1. The van der Waals surface area contributed by atoms with Crippen LogP contribution in [0.3, 0.4) is 0 Å². The summed E-state index contributed by atoms with van der Waals surface area (Å²) in [5.41, 5.74) is 0.575. The van der Waals surface area contributed by atoms with E-state index in [-0.39, 0.29) is 36.9 Å². The van der Waals surface area contributed by atoms with Crippen molar-refractivity contribution in [2.45, 2.75) is 32.7 Å². The number of nitrogens with one attached hydrogen (secondary N) is 1. The number of carboxylic acids is 1. The summed E-state index contributed by atoms with van der Waals surface area (Å²) >= 11 is 0. The van der Waals surface area contributed by atoms with Crippen LogP contribution in [0.1, 0.15) is 30.8 Å². The summed E-state index contributed by atoms with van der Waals surface area (Å²) in [4.78, 5) is 30.3.